The van der Waals surface area contributed by atoms with Crippen LogP contribution in [-0.2, 0) is 0 Å². The zero-order chi connectivity index (χ0) is 9.14. The summed E-state index contributed by atoms with van der Waals surface area (Å²) in [7, 11) is 3.79. The first-order valence-corrected chi connectivity index (χ1v) is 3.64. The van der Waals surface area contributed by atoms with Crippen LogP contribution in [0.1, 0.15) is 10.4 Å². The molecule has 0 unspecified atom stereocenters. The van der Waals surface area contributed by atoms with E-state index in [4.69, 9.17) is 5.73 Å². The van der Waals surface area contributed by atoms with Gasteiger partial charge in [0.05, 0.1) is 0 Å². The van der Waals surface area contributed by atoms with Crippen molar-refractivity contribution in [2.75, 3.05) is 19.0 Å². The van der Waals surface area contributed by atoms with Gasteiger partial charge in [0.15, 0.2) is 0 Å². The van der Waals surface area contributed by atoms with Crippen molar-refractivity contribution in [3.63, 3.8) is 0 Å². The molecule has 0 aromatic heterocycles. The highest BCUT2D eigenvalue weighted by Crippen LogP contribution is 2.12. The summed E-state index contributed by atoms with van der Waals surface area (Å²) in [5, 5.41) is 0. The molecule has 1 rings (SSSR count). The average Bonchev–Trinajstić information content (AvgIpc) is 2.04. The lowest BCUT2D eigenvalue weighted by Gasteiger charge is -2.12. The molecular formula is C9H11N2O. The summed E-state index contributed by atoms with van der Waals surface area (Å²) in [6.07, 6.45) is 0. The number of carbonyl (C=O) groups is 1. The van der Waals surface area contributed by atoms with Gasteiger partial charge in [0.25, 0.3) is 5.91 Å². The summed E-state index contributed by atoms with van der Waals surface area (Å²) in [5.74, 6) is -0.640. The molecule has 0 bridgehead atoms. The quantitative estimate of drug-likeness (QED) is 0.657. The largest absolute Gasteiger partial charge is 0.378 e. The highest BCUT2D eigenvalue weighted by Gasteiger charge is 2.01. The number of carbonyl (C=O) groups excluding carboxylic acids is 1. The van der Waals surface area contributed by atoms with Crippen LogP contribution in [0.15, 0.2) is 24.3 Å². The Morgan fingerprint density at radius 3 is 2.58 bits per heavy atom. The number of hydrogen-bond donors (Lipinski definition) is 0. The van der Waals surface area contributed by atoms with Crippen LogP contribution in [0.4, 0.5) is 5.69 Å². The summed E-state index contributed by atoms with van der Waals surface area (Å²) in [6.45, 7) is 0. The van der Waals surface area contributed by atoms with E-state index in [2.05, 4.69) is 0 Å². The van der Waals surface area contributed by atoms with Gasteiger partial charge >= 0.3 is 0 Å². The predicted octanol–water partition coefficient (Wildman–Crippen LogP) is 1.18. The van der Waals surface area contributed by atoms with E-state index in [-0.39, 0.29) is 0 Å². The van der Waals surface area contributed by atoms with E-state index < -0.39 is 5.91 Å². The molecule has 0 heterocycles. The predicted molar refractivity (Wildman–Crippen MR) is 48.2 cm³/mol. The molecule has 1 aromatic carbocycles. The third-order valence-corrected chi connectivity index (χ3v) is 1.62. The molecule has 0 fully saturated rings. The molecule has 0 aliphatic rings. The molecule has 0 aliphatic carbocycles. The van der Waals surface area contributed by atoms with Crippen molar-refractivity contribution in [3.05, 3.63) is 29.8 Å². The Hall–Kier alpha value is -1.51. The third kappa shape index (κ3) is 1.75. The molecule has 3 heteroatoms. The third-order valence-electron chi connectivity index (χ3n) is 1.62. The molecule has 1 amide bonds. The molecule has 0 atom stereocenters. The average molecular weight is 163 g/mol. The van der Waals surface area contributed by atoms with Crippen LogP contribution >= 0.6 is 0 Å². The lowest BCUT2D eigenvalue weighted by atomic mass is 10.2. The molecule has 12 heavy (non-hydrogen) atoms. The van der Waals surface area contributed by atoms with Crippen molar-refractivity contribution < 1.29 is 4.79 Å². The molecule has 3 nitrogen and oxygen atoms in total. The van der Waals surface area contributed by atoms with E-state index >= 15 is 0 Å². The molecule has 1 N–H and O–H groups in total. The van der Waals surface area contributed by atoms with Gasteiger partial charge in [-0.1, -0.05) is 6.07 Å². The van der Waals surface area contributed by atoms with Crippen LogP contribution in [0.2, 0.25) is 0 Å². The first-order chi connectivity index (χ1) is 5.61. The zero-order valence-electron chi connectivity index (χ0n) is 7.16. The Bertz CT molecular complexity index is 294. The summed E-state index contributed by atoms with van der Waals surface area (Å²) in [4.78, 5) is 12.6. The maximum Gasteiger partial charge on any atom is 0.269 e. The molecule has 1 radical (unpaired) electrons. The molecule has 0 spiro atoms. The molecular weight excluding hydrogens is 152 g/mol. The topological polar surface area (TPSA) is 44.1 Å². The monoisotopic (exact) mass is 163 g/mol. The highest BCUT2D eigenvalue weighted by molar-refractivity contribution is 5.93. The van der Waals surface area contributed by atoms with E-state index in [1.807, 2.05) is 25.1 Å². The lowest BCUT2D eigenvalue weighted by Crippen LogP contribution is -2.09. The number of anilines is 1. The minimum atomic E-state index is -0.640. The lowest BCUT2D eigenvalue weighted by molar-refractivity contribution is 0.0992. The fourth-order valence-corrected chi connectivity index (χ4v) is 0.925. The Morgan fingerprint density at radius 2 is 2.08 bits per heavy atom. The van der Waals surface area contributed by atoms with Crippen molar-refractivity contribution >= 4 is 11.6 Å². The summed E-state index contributed by atoms with van der Waals surface area (Å²) < 4.78 is 0. The van der Waals surface area contributed by atoms with Crippen LogP contribution in [0, 0.1) is 0 Å². The number of nitrogens with one attached hydrogen (secondary N) is 1. The first-order valence-electron chi connectivity index (χ1n) is 3.64. The second-order valence-corrected chi connectivity index (χ2v) is 2.77. The zero-order valence-corrected chi connectivity index (χ0v) is 7.16. The minimum absolute atomic E-state index is 0.432. The summed E-state index contributed by atoms with van der Waals surface area (Å²) in [6, 6.07) is 7.02. The molecule has 0 saturated heterocycles. The minimum Gasteiger partial charge on any atom is -0.378 e. The smallest absolute Gasteiger partial charge is 0.269 e. The van der Waals surface area contributed by atoms with Crippen molar-refractivity contribution in [1.29, 1.82) is 0 Å². The molecule has 0 saturated carbocycles. The van der Waals surface area contributed by atoms with Gasteiger partial charge in [0.2, 0.25) is 0 Å². The number of hydrogen-bond acceptors (Lipinski definition) is 2. The van der Waals surface area contributed by atoms with E-state index in [1.54, 1.807) is 18.2 Å². The number of nitrogens with zero attached hydrogens (tertiary/aromatic N) is 1. The van der Waals surface area contributed by atoms with Crippen molar-refractivity contribution in [2.45, 2.75) is 0 Å². The Balaban J connectivity index is 3.04. The fraction of sp³-hybridized carbons (Fsp3) is 0.222. The van der Waals surface area contributed by atoms with Gasteiger partial charge in [-0.15, -0.1) is 0 Å². The highest BCUT2D eigenvalue weighted by atomic mass is 16.1. The van der Waals surface area contributed by atoms with E-state index in [0.29, 0.717) is 5.56 Å². The molecule has 63 valence electrons. The summed E-state index contributed by atoms with van der Waals surface area (Å²) in [5.41, 5.74) is 8.27. The van der Waals surface area contributed by atoms with Gasteiger partial charge in [-0.3, -0.25) is 10.5 Å². The van der Waals surface area contributed by atoms with Gasteiger partial charge in [-0.25, -0.2) is 0 Å². The van der Waals surface area contributed by atoms with Crippen LogP contribution in [0.5, 0.6) is 0 Å². The van der Waals surface area contributed by atoms with Crippen LogP contribution in [0.3, 0.4) is 0 Å². The van der Waals surface area contributed by atoms with Gasteiger partial charge in [-0.05, 0) is 18.2 Å². The van der Waals surface area contributed by atoms with Crippen molar-refractivity contribution in [3.8, 4) is 0 Å². The van der Waals surface area contributed by atoms with E-state index in [1.165, 1.54) is 0 Å². The van der Waals surface area contributed by atoms with E-state index in [9.17, 15) is 4.79 Å². The Morgan fingerprint density at radius 1 is 1.42 bits per heavy atom. The Kier molecular flexibility index (Phi) is 2.33. The molecule has 0 aliphatic heterocycles. The molecule has 1 aromatic rings. The second-order valence-electron chi connectivity index (χ2n) is 2.77. The van der Waals surface area contributed by atoms with Gasteiger partial charge in [0, 0.05) is 25.3 Å². The Labute approximate surface area is 71.8 Å². The fourth-order valence-electron chi connectivity index (χ4n) is 0.925. The van der Waals surface area contributed by atoms with Crippen LogP contribution in [-0.4, -0.2) is 20.0 Å². The SMILES string of the molecule is CN(C)c1cccc(C([NH])=O)c1. The summed E-state index contributed by atoms with van der Waals surface area (Å²) >= 11 is 0. The second kappa shape index (κ2) is 3.26. The van der Waals surface area contributed by atoms with E-state index in [0.717, 1.165) is 5.69 Å². The van der Waals surface area contributed by atoms with Gasteiger partial charge < -0.3 is 4.90 Å². The number of amides is 1. The van der Waals surface area contributed by atoms with Gasteiger partial charge in [-0.2, -0.15) is 0 Å². The maximum absolute atomic E-state index is 10.7. The van der Waals surface area contributed by atoms with Crippen molar-refractivity contribution in [2.24, 2.45) is 0 Å². The normalized spacial score (nSPS) is 9.50. The maximum atomic E-state index is 10.7. The van der Waals surface area contributed by atoms with Crippen molar-refractivity contribution in [1.82, 2.24) is 5.73 Å². The number of benzene rings is 1. The first kappa shape index (κ1) is 8.59. The van der Waals surface area contributed by atoms with Crippen LogP contribution in [0.25, 0.3) is 0 Å². The van der Waals surface area contributed by atoms with Gasteiger partial charge in [0.1, 0.15) is 0 Å². The number of rotatable bonds is 2. The van der Waals surface area contributed by atoms with Crippen LogP contribution < -0.4 is 10.6 Å². The standard InChI is InChI=1S/C9H11N2O/c1-11(2)8-5-3-4-7(6-8)9(10)12/h3-6,10H,1-2H3.